The first-order valence-electron chi connectivity index (χ1n) is 33.7. The Morgan fingerprint density at radius 1 is 0.591 bits per heavy atom. The minimum absolute atomic E-state index is 0.295. The molecule has 0 unspecified atom stereocenters. The van der Waals surface area contributed by atoms with Crippen LogP contribution in [-0.4, -0.2) is 76.3 Å². The average Bonchev–Trinajstić information content (AvgIpc) is 1.98. The fraction of sp³-hybridized carbons (Fsp3) is 0.500. The maximum atomic E-state index is 10.6. The van der Waals surface area contributed by atoms with Crippen molar-refractivity contribution in [1.82, 2.24) is 0 Å². The van der Waals surface area contributed by atoms with Gasteiger partial charge in [-0.1, -0.05) is 231 Å². The lowest BCUT2D eigenvalue weighted by Crippen LogP contribution is -2.42. The number of unbranched alkanes of at least 4 members (excludes halogenated alkanes) is 1. The number of halogens is 1. The average molecular weight is 1370 g/mol. The Balaban J connectivity index is -0.000000472. The Bertz CT molecular complexity index is 2640. The number of aryl methyl sites for hydroxylation is 10. The van der Waals surface area contributed by atoms with Crippen molar-refractivity contribution in [2.24, 2.45) is 11.8 Å². The van der Waals surface area contributed by atoms with Gasteiger partial charge in [-0.25, -0.2) is 4.79 Å². The minimum Gasteiger partial charge on any atom is -0.508 e. The summed E-state index contributed by atoms with van der Waals surface area (Å²) in [6.07, 6.45) is 16.6. The summed E-state index contributed by atoms with van der Waals surface area (Å²) in [5.41, 5.74) is 18.9. The zero-order valence-corrected chi connectivity index (χ0v) is 65.2. The summed E-state index contributed by atoms with van der Waals surface area (Å²) in [6, 6.07) is 39.2. The first kappa shape index (κ1) is 93.8. The summed E-state index contributed by atoms with van der Waals surface area (Å²) in [6.45, 7) is 49.8. The maximum Gasteiger partial charge on any atom is 0.500 e. The van der Waals surface area contributed by atoms with E-state index in [1.807, 2.05) is 65.0 Å². The Morgan fingerprint density at radius 2 is 1.02 bits per heavy atom. The number of aliphatic hydroxyl groups is 2. The molecule has 7 rings (SSSR count). The van der Waals surface area contributed by atoms with E-state index in [1.165, 1.54) is 98.9 Å². The number of carbonyl (C=O) groups is 1. The van der Waals surface area contributed by atoms with Gasteiger partial charge in [0.2, 0.25) is 0 Å². The molecule has 1 aliphatic rings. The standard InChI is InChI=1S/C10H14.2C9H12O.C9H12.C9H10.C7H7Br.C7H18O3Si.C7H12O2.C7H14.C5H12O.C3H8O/c1-7-5-8(2)10(4)9(3)6-7;1-6-4-9(10)5-7(2)8(6)3;1-2-3-8-4-6-9(10)7-5-8;1-7-5-4-6-8(2)9(7)3;1-3-9-6-4-8(2)5-7-9;1-6-2-4-7(8)5-3-6;1-5-6-7-11(8-2,9-3)10-4;1-4-5-9-7(8)6(2)3;1-7-5-3-2-4-6-7;1-3-5(2)4-6;1-2-3-4/h5-6H,1-4H3;4-5,10H,1-3H3;4-7,10H,2-3H2,1H3;4-6H,1-3H3;3-7H,1H2,2H3;2-5H,1H3;5-7H2,1-4H3;2,4-5H2,1,3H3;7H,2-6H2,1H3;5-6H,3-4H2,1-2H3;4H,2-3H2,1H3/t;;;;;;;;;5-;/m.........1./s1. The second-order valence-corrected chi connectivity index (χ2v) is 28.1. The van der Waals surface area contributed by atoms with E-state index >= 15 is 0 Å². The zero-order chi connectivity index (χ0) is 71.9. The van der Waals surface area contributed by atoms with Crippen LogP contribution in [0.5, 0.6) is 11.5 Å². The van der Waals surface area contributed by atoms with Gasteiger partial charge in [-0.2, -0.15) is 0 Å². The van der Waals surface area contributed by atoms with Crippen molar-refractivity contribution in [2.45, 2.75) is 222 Å². The van der Waals surface area contributed by atoms with Crippen molar-refractivity contribution in [2.75, 3.05) is 41.2 Å². The molecule has 6 aromatic carbocycles. The summed E-state index contributed by atoms with van der Waals surface area (Å²) in [5.74, 6) is 1.94. The van der Waals surface area contributed by atoms with Crippen molar-refractivity contribution < 1.29 is 43.2 Å². The van der Waals surface area contributed by atoms with Crippen LogP contribution in [0.15, 0.2) is 138 Å². The summed E-state index contributed by atoms with van der Waals surface area (Å²) >= 11 is 3.35. The van der Waals surface area contributed by atoms with E-state index in [2.05, 4.69) is 193 Å². The second kappa shape index (κ2) is 58.9. The van der Waals surface area contributed by atoms with Crippen LogP contribution in [0.3, 0.4) is 0 Å². The molecule has 93 heavy (non-hydrogen) atoms. The van der Waals surface area contributed by atoms with Gasteiger partial charge in [0.05, 0.1) is 6.61 Å². The van der Waals surface area contributed by atoms with Crippen molar-refractivity contribution >= 4 is 36.8 Å². The molecule has 1 fully saturated rings. The summed E-state index contributed by atoms with van der Waals surface area (Å²) in [5, 5.41) is 34.3. The highest BCUT2D eigenvalue weighted by atomic mass is 79.9. The number of carbonyl (C=O) groups excluding carboxylic acids is 1. The number of rotatable bonds is 15. The lowest BCUT2D eigenvalue weighted by atomic mass is 9.91. The Hall–Kier alpha value is -5.63. The number of esters is 1. The van der Waals surface area contributed by atoms with Gasteiger partial charge in [-0.15, -0.1) is 0 Å². The van der Waals surface area contributed by atoms with E-state index in [1.54, 1.807) is 52.5 Å². The molecule has 9 nitrogen and oxygen atoms in total. The van der Waals surface area contributed by atoms with E-state index < -0.39 is 8.80 Å². The third-order valence-electron chi connectivity index (χ3n) is 15.3. The summed E-state index contributed by atoms with van der Waals surface area (Å²) < 4.78 is 21.6. The molecule has 0 amide bonds. The highest BCUT2D eigenvalue weighted by molar-refractivity contribution is 9.10. The molecule has 1 saturated carbocycles. The monoisotopic (exact) mass is 1370 g/mol. The van der Waals surface area contributed by atoms with Crippen molar-refractivity contribution in [3.8, 4) is 11.5 Å². The highest BCUT2D eigenvalue weighted by Gasteiger charge is 2.36. The molecule has 11 heteroatoms. The second-order valence-electron chi connectivity index (χ2n) is 24.0. The molecular weight excluding hydrogens is 1240 g/mol. The fourth-order valence-electron chi connectivity index (χ4n) is 8.05. The SMILES string of the molecule is C=C(C)C(=O)OCCC.C=Cc1ccc(C)cc1.CC1CCCCC1.CCCC[Si](OC)(OC)OC.CCCO.CCCc1ccc(O)cc1.CC[C@@H](C)CO.Cc1cc(C)c(C)c(C)c1.Cc1cc(O)cc(C)c1C.Cc1ccc(Br)cc1.Cc1cccc(C)c1C. The Morgan fingerprint density at radius 3 is 1.33 bits per heavy atom. The van der Waals surface area contributed by atoms with Gasteiger partial charge in [0.1, 0.15) is 11.5 Å². The van der Waals surface area contributed by atoms with E-state index in [0.717, 1.165) is 72.5 Å². The van der Waals surface area contributed by atoms with Crippen LogP contribution in [0.25, 0.3) is 6.08 Å². The van der Waals surface area contributed by atoms with Crippen molar-refractivity contribution in [1.29, 1.82) is 0 Å². The Labute approximate surface area is 579 Å². The van der Waals surface area contributed by atoms with Crippen molar-refractivity contribution in [3.05, 3.63) is 216 Å². The summed E-state index contributed by atoms with van der Waals surface area (Å²) in [7, 11) is 2.70. The molecule has 0 aromatic heterocycles. The van der Waals surface area contributed by atoms with Gasteiger partial charge in [0, 0.05) is 50.6 Å². The first-order valence-corrected chi connectivity index (χ1v) is 36.4. The first-order chi connectivity index (χ1) is 43.9. The number of phenols is 2. The number of phenolic OH excluding ortho intramolecular Hbond substituents is 2. The lowest BCUT2D eigenvalue weighted by molar-refractivity contribution is -0.138. The number of benzene rings is 6. The van der Waals surface area contributed by atoms with Crippen molar-refractivity contribution in [3.63, 3.8) is 0 Å². The molecule has 0 heterocycles. The number of ether oxygens (including phenoxy) is 1. The Kier molecular flexibility index (Phi) is 59.4. The molecule has 4 N–H and O–H groups in total. The molecule has 1 atom stereocenters. The number of hydrogen-bond acceptors (Lipinski definition) is 9. The largest absolute Gasteiger partial charge is 0.508 e. The third-order valence-corrected chi connectivity index (χ3v) is 18.7. The van der Waals surface area contributed by atoms with Crippen LogP contribution in [0.4, 0.5) is 0 Å². The van der Waals surface area contributed by atoms with E-state index in [4.69, 9.17) is 38.4 Å². The third kappa shape index (κ3) is 50.5. The molecule has 0 bridgehead atoms. The predicted molar refractivity (Wildman–Crippen MR) is 409 cm³/mol. The van der Waals surface area contributed by atoms with Crippen LogP contribution < -0.4 is 0 Å². The van der Waals surface area contributed by atoms with Gasteiger partial charge in [0.25, 0.3) is 0 Å². The zero-order valence-electron chi connectivity index (χ0n) is 62.6. The molecular formula is C82H131BrO9Si. The van der Waals surface area contributed by atoms with Crippen LogP contribution >= 0.6 is 15.9 Å². The van der Waals surface area contributed by atoms with Gasteiger partial charge < -0.3 is 38.4 Å². The maximum absolute atomic E-state index is 10.6. The molecule has 0 aliphatic heterocycles. The van der Waals surface area contributed by atoms with E-state index in [-0.39, 0.29) is 5.97 Å². The van der Waals surface area contributed by atoms with E-state index in [9.17, 15) is 4.79 Å². The van der Waals surface area contributed by atoms with Gasteiger partial charge >= 0.3 is 14.8 Å². The lowest BCUT2D eigenvalue weighted by Gasteiger charge is -2.23. The number of hydrogen-bond donors (Lipinski definition) is 4. The van der Waals surface area contributed by atoms with Gasteiger partial charge in [-0.05, 0) is 225 Å². The number of aliphatic hydroxyl groups excluding tert-OH is 2. The van der Waals surface area contributed by atoms with Gasteiger partial charge in [-0.3, -0.25) is 0 Å². The molecule has 0 radical (unpaired) electrons. The van der Waals surface area contributed by atoms with Crippen LogP contribution in [0.2, 0.25) is 6.04 Å². The smallest absolute Gasteiger partial charge is 0.500 e. The highest BCUT2D eigenvalue weighted by Crippen LogP contribution is 2.23. The molecule has 524 valence electrons. The normalized spacial score (nSPS) is 11.2. The predicted octanol–water partition coefficient (Wildman–Crippen LogP) is 22.8. The van der Waals surface area contributed by atoms with Crippen LogP contribution in [0, 0.1) is 94.9 Å². The van der Waals surface area contributed by atoms with E-state index in [0.29, 0.717) is 42.8 Å². The topological polar surface area (TPSA) is 135 Å². The molecule has 0 saturated heterocycles. The number of aromatic hydroxyl groups is 2. The molecule has 6 aromatic rings. The molecule has 0 spiro atoms. The van der Waals surface area contributed by atoms with Crippen LogP contribution in [0.1, 0.15) is 204 Å². The summed E-state index contributed by atoms with van der Waals surface area (Å²) in [4.78, 5) is 10.6. The fourth-order valence-corrected chi connectivity index (χ4v) is 10.2. The minimum atomic E-state index is -2.24. The quantitative estimate of drug-likeness (QED) is 0.0450. The molecule has 1 aliphatic carbocycles. The van der Waals surface area contributed by atoms with Crippen LogP contribution in [-0.2, 0) is 29.2 Å². The van der Waals surface area contributed by atoms with Gasteiger partial charge in [0.15, 0.2) is 0 Å².